The average Bonchev–Trinajstić information content (AvgIpc) is 3.07. The van der Waals surface area contributed by atoms with Gasteiger partial charge in [-0.15, -0.1) is 0 Å². The fourth-order valence-corrected chi connectivity index (χ4v) is 4.58. The molecule has 9 heteroatoms. The molecule has 1 unspecified atom stereocenters. The molecule has 0 saturated carbocycles. The van der Waals surface area contributed by atoms with Crippen LogP contribution in [0.4, 0.5) is 5.82 Å². The van der Waals surface area contributed by atoms with Crippen LogP contribution in [0.5, 0.6) is 0 Å². The summed E-state index contributed by atoms with van der Waals surface area (Å²) in [6.45, 7) is 4.21. The molecule has 34 heavy (non-hydrogen) atoms. The van der Waals surface area contributed by atoms with E-state index < -0.39 is 0 Å². The molecule has 0 amide bonds. The highest BCUT2D eigenvalue weighted by molar-refractivity contribution is 6.30. The molecule has 1 aromatic carbocycles. The maximum Gasteiger partial charge on any atom is 0.250 e. The fourth-order valence-electron chi connectivity index (χ4n) is 4.40. The Kier molecular flexibility index (Phi) is 6.87. The quantitative estimate of drug-likeness (QED) is 0.423. The third kappa shape index (κ3) is 5.46. The predicted molar refractivity (Wildman–Crippen MR) is 134 cm³/mol. The first-order valence-electron chi connectivity index (χ1n) is 11.7. The third-order valence-corrected chi connectivity index (χ3v) is 6.51. The smallest absolute Gasteiger partial charge is 0.250 e. The molecule has 0 aliphatic carbocycles. The molecule has 1 aliphatic heterocycles. The Balaban J connectivity index is 1.26. The van der Waals surface area contributed by atoms with Gasteiger partial charge >= 0.3 is 0 Å². The molecular formula is C25H28ClN7O. The summed E-state index contributed by atoms with van der Waals surface area (Å²) >= 11 is 6.02. The van der Waals surface area contributed by atoms with Gasteiger partial charge in [0.1, 0.15) is 12.1 Å². The lowest BCUT2D eigenvalue weighted by molar-refractivity contribution is 0.496. The molecule has 5 rings (SSSR count). The van der Waals surface area contributed by atoms with E-state index in [0.717, 1.165) is 42.0 Å². The van der Waals surface area contributed by atoms with Crippen LogP contribution >= 0.6 is 11.6 Å². The first-order valence-corrected chi connectivity index (χ1v) is 12.1. The summed E-state index contributed by atoms with van der Waals surface area (Å²) < 4.78 is 3.51. The number of nitrogens with one attached hydrogen (secondary N) is 2. The van der Waals surface area contributed by atoms with Gasteiger partial charge in [0.2, 0.25) is 0 Å². The van der Waals surface area contributed by atoms with Crippen LogP contribution in [0, 0.1) is 5.92 Å². The second kappa shape index (κ2) is 10.4. The number of anilines is 1. The monoisotopic (exact) mass is 477 g/mol. The van der Waals surface area contributed by atoms with Gasteiger partial charge in [-0.2, -0.15) is 5.10 Å². The largest absolute Gasteiger partial charge is 0.369 e. The molecule has 2 N–H and O–H groups in total. The van der Waals surface area contributed by atoms with Crippen molar-refractivity contribution in [3.63, 3.8) is 0 Å². The van der Waals surface area contributed by atoms with E-state index in [1.54, 1.807) is 23.2 Å². The summed E-state index contributed by atoms with van der Waals surface area (Å²) in [7, 11) is 0. The molecule has 1 fully saturated rings. The number of nitrogens with zero attached hydrogens (tertiary/aromatic N) is 5. The molecule has 3 aromatic heterocycles. The molecule has 4 aromatic rings. The molecule has 1 atom stereocenters. The van der Waals surface area contributed by atoms with Crippen molar-refractivity contribution in [2.75, 3.05) is 25.0 Å². The molecule has 176 valence electrons. The number of halogens is 1. The van der Waals surface area contributed by atoms with Gasteiger partial charge in [0.15, 0.2) is 5.65 Å². The SMILES string of the molecule is O=c1ccc(Cl)cn1Cc1ccc(Cn2cc3c(NCC4CCCNCC4)ncnc3n2)cc1. The molecule has 4 heterocycles. The lowest BCUT2D eigenvalue weighted by Crippen LogP contribution is -2.18. The minimum absolute atomic E-state index is 0.0714. The van der Waals surface area contributed by atoms with Crippen molar-refractivity contribution in [2.45, 2.75) is 32.4 Å². The summed E-state index contributed by atoms with van der Waals surface area (Å²) in [4.78, 5) is 20.8. The van der Waals surface area contributed by atoms with Crippen LogP contribution in [0.2, 0.25) is 5.02 Å². The van der Waals surface area contributed by atoms with Crippen molar-refractivity contribution >= 4 is 28.5 Å². The Morgan fingerprint density at radius 2 is 1.82 bits per heavy atom. The second-order valence-corrected chi connectivity index (χ2v) is 9.28. The maximum absolute atomic E-state index is 12.0. The highest BCUT2D eigenvalue weighted by Gasteiger charge is 2.14. The number of benzene rings is 1. The molecule has 0 spiro atoms. The highest BCUT2D eigenvalue weighted by atomic mass is 35.5. The van der Waals surface area contributed by atoms with Gasteiger partial charge in [-0.1, -0.05) is 35.9 Å². The van der Waals surface area contributed by atoms with Gasteiger partial charge in [-0.3, -0.25) is 9.48 Å². The molecule has 0 bridgehead atoms. The zero-order valence-electron chi connectivity index (χ0n) is 19.0. The zero-order valence-corrected chi connectivity index (χ0v) is 19.7. The van der Waals surface area contributed by atoms with E-state index in [4.69, 9.17) is 11.6 Å². The Morgan fingerprint density at radius 1 is 1.00 bits per heavy atom. The van der Waals surface area contributed by atoms with Crippen molar-refractivity contribution in [1.82, 2.24) is 29.6 Å². The average molecular weight is 478 g/mol. The predicted octanol–water partition coefficient (Wildman–Crippen LogP) is 3.54. The van der Waals surface area contributed by atoms with Crippen LogP contribution in [0.25, 0.3) is 11.0 Å². The first kappa shape index (κ1) is 22.6. The van der Waals surface area contributed by atoms with Crippen LogP contribution in [0.15, 0.2) is 59.9 Å². The topological polar surface area (TPSA) is 89.7 Å². The molecule has 1 aliphatic rings. The van der Waals surface area contributed by atoms with Gasteiger partial charge in [-0.25, -0.2) is 9.97 Å². The summed E-state index contributed by atoms with van der Waals surface area (Å²) in [5, 5.41) is 13.1. The Bertz CT molecular complexity index is 1310. The summed E-state index contributed by atoms with van der Waals surface area (Å²) in [6.07, 6.45) is 8.87. The van der Waals surface area contributed by atoms with Crippen molar-refractivity contribution in [2.24, 2.45) is 5.92 Å². The minimum atomic E-state index is -0.0714. The summed E-state index contributed by atoms with van der Waals surface area (Å²) in [6, 6.07) is 11.3. The first-order chi connectivity index (χ1) is 16.6. The van der Waals surface area contributed by atoms with Crippen molar-refractivity contribution in [3.8, 4) is 0 Å². The van der Waals surface area contributed by atoms with Crippen molar-refractivity contribution < 1.29 is 0 Å². The fraction of sp³-hybridized carbons (Fsp3) is 0.360. The third-order valence-electron chi connectivity index (χ3n) is 6.29. The van der Waals surface area contributed by atoms with E-state index in [0.29, 0.717) is 29.7 Å². The van der Waals surface area contributed by atoms with E-state index >= 15 is 0 Å². The van der Waals surface area contributed by atoms with Crippen LogP contribution in [-0.2, 0) is 13.1 Å². The van der Waals surface area contributed by atoms with E-state index in [9.17, 15) is 4.79 Å². The van der Waals surface area contributed by atoms with Gasteiger partial charge in [-0.05, 0) is 55.5 Å². The maximum atomic E-state index is 12.0. The lowest BCUT2D eigenvalue weighted by Gasteiger charge is -2.15. The van der Waals surface area contributed by atoms with E-state index in [-0.39, 0.29) is 5.56 Å². The van der Waals surface area contributed by atoms with E-state index in [1.165, 1.54) is 25.3 Å². The molecule has 1 saturated heterocycles. The second-order valence-electron chi connectivity index (χ2n) is 8.84. The number of hydrogen-bond acceptors (Lipinski definition) is 6. The standard InChI is InChI=1S/C25H28ClN7O/c26-21-7-8-23(34)32(15-21)13-19-3-5-20(6-4-19)14-33-16-22-24(29-17-30-25(22)31-33)28-12-18-2-1-10-27-11-9-18/h3-8,15-18,27H,1-2,9-14H2,(H,28,29,30,31). The Labute approximate surface area is 203 Å². The minimum Gasteiger partial charge on any atom is -0.369 e. The number of aromatic nitrogens is 5. The highest BCUT2D eigenvalue weighted by Crippen LogP contribution is 2.21. The number of pyridine rings is 1. The van der Waals surface area contributed by atoms with E-state index in [2.05, 4.69) is 37.8 Å². The number of fused-ring (bicyclic) bond motifs is 1. The number of rotatable bonds is 7. The van der Waals surface area contributed by atoms with Crippen molar-refractivity contribution in [3.05, 3.63) is 81.6 Å². The summed E-state index contributed by atoms with van der Waals surface area (Å²) in [5.41, 5.74) is 2.77. The Hall–Kier alpha value is -3.23. The molecule has 8 nitrogen and oxygen atoms in total. The van der Waals surface area contributed by atoms with E-state index in [1.807, 2.05) is 23.0 Å². The van der Waals surface area contributed by atoms with Crippen LogP contribution in [-0.4, -0.2) is 43.9 Å². The normalized spacial score (nSPS) is 16.4. The van der Waals surface area contributed by atoms with Crippen LogP contribution in [0.1, 0.15) is 30.4 Å². The van der Waals surface area contributed by atoms with Crippen LogP contribution < -0.4 is 16.2 Å². The van der Waals surface area contributed by atoms with Crippen molar-refractivity contribution in [1.29, 1.82) is 0 Å². The van der Waals surface area contributed by atoms with Gasteiger partial charge in [0, 0.05) is 25.0 Å². The lowest BCUT2D eigenvalue weighted by atomic mass is 10.0. The molecular weight excluding hydrogens is 450 g/mol. The molecule has 0 radical (unpaired) electrons. The number of hydrogen-bond donors (Lipinski definition) is 2. The van der Waals surface area contributed by atoms with Gasteiger partial charge < -0.3 is 15.2 Å². The van der Waals surface area contributed by atoms with Gasteiger partial charge in [0.25, 0.3) is 5.56 Å². The summed E-state index contributed by atoms with van der Waals surface area (Å²) in [5.74, 6) is 1.49. The Morgan fingerprint density at radius 3 is 2.68 bits per heavy atom. The zero-order chi connectivity index (χ0) is 23.3. The van der Waals surface area contributed by atoms with Gasteiger partial charge in [0.05, 0.1) is 23.5 Å². The van der Waals surface area contributed by atoms with Crippen LogP contribution in [0.3, 0.4) is 0 Å².